The Hall–Kier alpha value is -1.79. The number of thiophene rings is 1. The Kier molecular flexibility index (Phi) is 4.10. The lowest BCUT2D eigenvalue weighted by molar-refractivity contribution is -0.120. The summed E-state index contributed by atoms with van der Waals surface area (Å²) >= 11 is 3.00. The van der Waals surface area contributed by atoms with E-state index >= 15 is 0 Å². The number of amides is 1. The maximum atomic E-state index is 12.5. The molecule has 1 amide bonds. The van der Waals surface area contributed by atoms with Crippen molar-refractivity contribution in [2.75, 3.05) is 5.32 Å². The van der Waals surface area contributed by atoms with E-state index in [9.17, 15) is 4.79 Å². The van der Waals surface area contributed by atoms with E-state index in [-0.39, 0.29) is 11.8 Å². The van der Waals surface area contributed by atoms with E-state index in [0.29, 0.717) is 5.82 Å². The second-order valence-corrected chi connectivity index (χ2v) is 7.48. The predicted octanol–water partition coefficient (Wildman–Crippen LogP) is 4.94. The lowest BCUT2D eigenvalue weighted by Crippen LogP contribution is -2.24. The second-order valence-electron chi connectivity index (χ2n) is 5.94. The number of rotatable bonds is 3. The second kappa shape index (κ2) is 6.37. The average molecular weight is 343 g/mol. The van der Waals surface area contributed by atoms with Gasteiger partial charge in [0.2, 0.25) is 5.91 Å². The number of carbonyl (C=O) groups excluding carboxylic acids is 1. The fourth-order valence-corrected chi connectivity index (χ4v) is 4.43. The van der Waals surface area contributed by atoms with Crippen LogP contribution in [0.15, 0.2) is 29.1 Å². The van der Waals surface area contributed by atoms with Crippen molar-refractivity contribution in [3.05, 3.63) is 29.1 Å². The van der Waals surface area contributed by atoms with Crippen molar-refractivity contribution in [3.63, 3.8) is 0 Å². The molecule has 1 aliphatic rings. The molecule has 0 spiro atoms. The molecule has 6 heteroatoms. The smallest absolute Gasteiger partial charge is 0.228 e. The molecule has 23 heavy (non-hydrogen) atoms. The van der Waals surface area contributed by atoms with Crippen molar-refractivity contribution in [3.8, 4) is 11.1 Å². The van der Waals surface area contributed by atoms with Gasteiger partial charge in [-0.1, -0.05) is 19.3 Å². The summed E-state index contributed by atoms with van der Waals surface area (Å²) in [4.78, 5) is 17.8. The number of aromatic nitrogens is 2. The highest BCUT2D eigenvalue weighted by atomic mass is 32.1. The number of hydrogen-bond acceptors (Lipinski definition) is 5. The SMILES string of the molecule is O=C(Nc1nsc2ncc(-c3ccsc3)cc12)C1CCCCC1. The van der Waals surface area contributed by atoms with Crippen LogP contribution in [0.1, 0.15) is 32.1 Å². The molecule has 4 rings (SSSR count). The van der Waals surface area contributed by atoms with E-state index in [1.165, 1.54) is 18.0 Å². The molecule has 4 nitrogen and oxygen atoms in total. The first-order valence-corrected chi connectivity index (χ1v) is 9.62. The number of pyridine rings is 1. The van der Waals surface area contributed by atoms with Crippen LogP contribution in [0.4, 0.5) is 5.82 Å². The molecule has 118 valence electrons. The van der Waals surface area contributed by atoms with Crippen LogP contribution < -0.4 is 5.32 Å². The number of carbonyl (C=O) groups is 1. The van der Waals surface area contributed by atoms with E-state index in [1.807, 2.05) is 6.20 Å². The normalized spacial score (nSPS) is 15.8. The molecule has 3 aromatic rings. The van der Waals surface area contributed by atoms with E-state index in [2.05, 4.69) is 37.6 Å². The summed E-state index contributed by atoms with van der Waals surface area (Å²) in [6.07, 6.45) is 7.41. The number of nitrogens with zero attached hydrogens (tertiary/aromatic N) is 2. The summed E-state index contributed by atoms with van der Waals surface area (Å²) < 4.78 is 4.40. The minimum Gasteiger partial charge on any atom is -0.309 e. The largest absolute Gasteiger partial charge is 0.309 e. The molecular weight excluding hydrogens is 326 g/mol. The molecular formula is C17H17N3OS2. The average Bonchev–Trinajstić information content (AvgIpc) is 3.25. The summed E-state index contributed by atoms with van der Waals surface area (Å²) in [5, 5.41) is 8.12. The summed E-state index contributed by atoms with van der Waals surface area (Å²) in [6, 6.07) is 4.15. The van der Waals surface area contributed by atoms with E-state index in [0.717, 1.165) is 47.0 Å². The first-order valence-electron chi connectivity index (χ1n) is 7.90. The fraction of sp³-hybridized carbons (Fsp3) is 0.353. The first kappa shape index (κ1) is 14.8. The third-order valence-electron chi connectivity index (χ3n) is 4.40. The third kappa shape index (κ3) is 3.01. The van der Waals surface area contributed by atoms with Gasteiger partial charge in [-0.25, -0.2) is 4.98 Å². The molecule has 1 N–H and O–H groups in total. The third-order valence-corrected chi connectivity index (χ3v) is 5.86. The lowest BCUT2D eigenvalue weighted by atomic mass is 9.89. The van der Waals surface area contributed by atoms with Gasteiger partial charge in [-0.05, 0) is 52.8 Å². The van der Waals surface area contributed by atoms with Gasteiger partial charge in [0.25, 0.3) is 0 Å². The number of hydrogen-bond donors (Lipinski definition) is 1. The minimum atomic E-state index is 0.109. The number of nitrogens with one attached hydrogen (secondary N) is 1. The Balaban J connectivity index is 1.62. The van der Waals surface area contributed by atoms with Crippen LogP contribution in [0.3, 0.4) is 0 Å². The molecule has 0 aliphatic heterocycles. The van der Waals surface area contributed by atoms with Gasteiger partial charge in [-0.2, -0.15) is 15.7 Å². The van der Waals surface area contributed by atoms with E-state index in [1.54, 1.807) is 11.3 Å². The number of anilines is 1. The van der Waals surface area contributed by atoms with Gasteiger partial charge >= 0.3 is 0 Å². The summed E-state index contributed by atoms with van der Waals surface area (Å²) in [5.41, 5.74) is 2.22. The quantitative estimate of drug-likeness (QED) is 0.733. The monoisotopic (exact) mass is 343 g/mol. The molecule has 1 saturated carbocycles. The molecule has 0 radical (unpaired) electrons. The summed E-state index contributed by atoms with van der Waals surface area (Å²) in [6.45, 7) is 0. The van der Waals surface area contributed by atoms with Gasteiger partial charge in [-0.15, -0.1) is 0 Å². The van der Waals surface area contributed by atoms with Crippen LogP contribution in [-0.4, -0.2) is 15.3 Å². The highest BCUT2D eigenvalue weighted by Gasteiger charge is 2.22. The fourth-order valence-electron chi connectivity index (χ4n) is 3.09. The summed E-state index contributed by atoms with van der Waals surface area (Å²) in [7, 11) is 0. The Morgan fingerprint density at radius 2 is 2.09 bits per heavy atom. The molecule has 1 fully saturated rings. The molecule has 0 unspecified atom stereocenters. The van der Waals surface area contributed by atoms with Gasteiger partial charge in [0.1, 0.15) is 4.83 Å². The zero-order valence-corrected chi connectivity index (χ0v) is 14.3. The van der Waals surface area contributed by atoms with Crippen molar-refractivity contribution in [1.29, 1.82) is 0 Å². The highest BCUT2D eigenvalue weighted by molar-refractivity contribution is 7.13. The van der Waals surface area contributed by atoms with Crippen molar-refractivity contribution in [2.45, 2.75) is 32.1 Å². The standard InChI is InChI=1S/C17H17N3OS2/c21-16(11-4-2-1-3-5-11)19-15-14-8-13(12-6-7-22-10-12)9-18-17(14)23-20-15/h6-11H,1-5H2,(H,19,20,21). The van der Waals surface area contributed by atoms with Gasteiger partial charge in [0.15, 0.2) is 5.82 Å². The minimum absolute atomic E-state index is 0.109. The van der Waals surface area contributed by atoms with E-state index in [4.69, 9.17) is 0 Å². The van der Waals surface area contributed by atoms with Crippen LogP contribution in [0.25, 0.3) is 21.3 Å². The first-order chi connectivity index (χ1) is 11.3. The topological polar surface area (TPSA) is 54.9 Å². The molecule has 3 aromatic heterocycles. The predicted molar refractivity (Wildman–Crippen MR) is 95.9 cm³/mol. The molecule has 0 aromatic carbocycles. The molecule has 1 aliphatic carbocycles. The Morgan fingerprint density at radius 1 is 1.22 bits per heavy atom. The van der Waals surface area contributed by atoms with Crippen LogP contribution >= 0.6 is 22.9 Å². The van der Waals surface area contributed by atoms with Crippen LogP contribution in [-0.2, 0) is 4.79 Å². The maximum absolute atomic E-state index is 12.5. The van der Waals surface area contributed by atoms with Crippen molar-refractivity contribution in [1.82, 2.24) is 9.36 Å². The van der Waals surface area contributed by atoms with E-state index < -0.39 is 0 Å². The van der Waals surface area contributed by atoms with Gasteiger partial charge in [0.05, 0.1) is 5.39 Å². The van der Waals surface area contributed by atoms with Gasteiger partial charge < -0.3 is 5.32 Å². The van der Waals surface area contributed by atoms with Gasteiger partial charge in [0, 0.05) is 17.7 Å². The molecule has 0 bridgehead atoms. The molecule has 0 atom stereocenters. The Labute approximate surface area is 142 Å². The maximum Gasteiger partial charge on any atom is 0.228 e. The molecule has 3 heterocycles. The Morgan fingerprint density at radius 3 is 2.87 bits per heavy atom. The van der Waals surface area contributed by atoms with Gasteiger partial charge in [-0.3, -0.25) is 4.79 Å². The van der Waals surface area contributed by atoms with Crippen LogP contribution in [0.2, 0.25) is 0 Å². The zero-order valence-electron chi connectivity index (χ0n) is 12.6. The Bertz CT molecular complexity index is 820. The van der Waals surface area contributed by atoms with Crippen molar-refractivity contribution < 1.29 is 4.79 Å². The highest BCUT2D eigenvalue weighted by Crippen LogP contribution is 2.31. The zero-order chi connectivity index (χ0) is 15.6. The van der Waals surface area contributed by atoms with Crippen molar-refractivity contribution in [2.24, 2.45) is 5.92 Å². The van der Waals surface area contributed by atoms with Crippen molar-refractivity contribution >= 4 is 44.8 Å². The number of fused-ring (bicyclic) bond motifs is 1. The van der Waals surface area contributed by atoms with Crippen LogP contribution in [0.5, 0.6) is 0 Å². The lowest BCUT2D eigenvalue weighted by Gasteiger charge is -2.20. The summed E-state index contributed by atoms with van der Waals surface area (Å²) in [5.74, 6) is 0.900. The van der Waals surface area contributed by atoms with Crippen LogP contribution in [0, 0.1) is 5.92 Å². The molecule has 0 saturated heterocycles.